The topological polar surface area (TPSA) is 53.4 Å². The Labute approximate surface area is 118 Å². The minimum Gasteiger partial charge on any atom is -0.497 e. The molecule has 0 aliphatic carbocycles. The number of benzene rings is 1. The SMILES string of the molecule is CCOC(=O)Cn1c(C(F)(F)F)nc2ccc(OC)cc21. The second-order valence-electron chi connectivity index (χ2n) is 4.18. The first kappa shape index (κ1) is 15.1. The van der Waals surface area contributed by atoms with Gasteiger partial charge in [0.25, 0.3) is 0 Å². The van der Waals surface area contributed by atoms with Gasteiger partial charge in [0.1, 0.15) is 12.3 Å². The Kier molecular flexibility index (Phi) is 4.06. The highest BCUT2D eigenvalue weighted by atomic mass is 19.4. The molecule has 0 unspecified atom stereocenters. The first-order valence-corrected chi connectivity index (χ1v) is 6.14. The van der Waals surface area contributed by atoms with Crippen molar-refractivity contribution in [3.05, 3.63) is 24.0 Å². The molecule has 0 atom stereocenters. The Bertz CT molecular complexity index is 664. The Hall–Kier alpha value is -2.25. The summed E-state index contributed by atoms with van der Waals surface area (Å²) in [6, 6.07) is 4.31. The van der Waals surface area contributed by atoms with Crippen molar-refractivity contribution in [3.63, 3.8) is 0 Å². The number of carbonyl (C=O) groups excluding carboxylic acids is 1. The van der Waals surface area contributed by atoms with Gasteiger partial charge in [-0.3, -0.25) is 4.79 Å². The number of rotatable bonds is 4. The number of fused-ring (bicyclic) bond motifs is 1. The van der Waals surface area contributed by atoms with Crippen LogP contribution in [-0.2, 0) is 22.3 Å². The molecule has 1 heterocycles. The average Bonchev–Trinajstić information content (AvgIpc) is 2.77. The molecule has 0 N–H and O–H groups in total. The van der Waals surface area contributed by atoms with E-state index in [4.69, 9.17) is 9.47 Å². The first-order valence-electron chi connectivity index (χ1n) is 6.14. The largest absolute Gasteiger partial charge is 0.497 e. The number of aromatic nitrogens is 2. The molecule has 0 aliphatic rings. The zero-order chi connectivity index (χ0) is 15.6. The highest BCUT2D eigenvalue weighted by molar-refractivity contribution is 5.80. The average molecular weight is 302 g/mol. The maximum atomic E-state index is 13.0. The minimum atomic E-state index is -4.67. The van der Waals surface area contributed by atoms with Gasteiger partial charge < -0.3 is 14.0 Å². The van der Waals surface area contributed by atoms with Gasteiger partial charge >= 0.3 is 12.1 Å². The lowest BCUT2D eigenvalue weighted by Gasteiger charge is -2.11. The number of nitrogens with zero attached hydrogens (tertiary/aromatic N) is 2. The number of halogens is 3. The van der Waals surface area contributed by atoms with Gasteiger partial charge in [0.05, 0.1) is 24.8 Å². The fourth-order valence-electron chi connectivity index (χ4n) is 1.94. The Morgan fingerprint density at radius 3 is 2.67 bits per heavy atom. The van der Waals surface area contributed by atoms with Crippen LogP contribution in [0.5, 0.6) is 5.75 Å². The van der Waals surface area contributed by atoms with Crippen LogP contribution in [-0.4, -0.2) is 29.2 Å². The van der Waals surface area contributed by atoms with Crippen LogP contribution < -0.4 is 4.74 Å². The summed E-state index contributed by atoms with van der Waals surface area (Å²) in [5.41, 5.74) is 0.294. The molecule has 1 aromatic carbocycles. The monoisotopic (exact) mass is 302 g/mol. The van der Waals surface area contributed by atoms with Crippen molar-refractivity contribution < 1.29 is 27.4 Å². The van der Waals surface area contributed by atoms with E-state index in [0.29, 0.717) is 5.75 Å². The third-order valence-electron chi connectivity index (χ3n) is 2.80. The van der Waals surface area contributed by atoms with Crippen molar-refractivity contribution in [2.45, 2.75) is 19.6 Å². The van der Waals surface area contributed by atoms with Crippen molar-refractivity contribution in [1.29, 1.82) is 0 Å². The zero-order valence-corrected chi connectivity index (χ0v) is 11.4. The third-order valence-corrected chi connectivity index (χ3v) is 2.80. The summed E-state index contributed by atoms with van der Waals surface area (Å²) in [7, 11) is 1.40. The van der Waals surface area contributed by atoms with Gasteiger partial charge in [-0.25, -0.2) is 4.98 Å². The molecular weight excluding hydrogens is 289 g/mol. The fourth-order valence-corrected chi connectivity index (χ4v) is 1.94. The predicted octanol–water partition coefficient (Wildman–Crippen LogP) is 2.63. The molecule has 0 aliphatic heterocycles. The summed E-state index contributed by atoms with van der Waals surface area (Å²) in [6.07, 6.45) is -4.67. The van der Waals surface area contributed by atoms with Crippen molar-refractivity contribution >= 4 is 17.0 Å². The lowest BCUT2D eigenvalue weighted by molar-refractivity contribution is -0.150. The molecule has 5 nitrogen and oxygen atoms in total. The fraction of sp³-hybridized carbons (Fsp3) is 0.385. The number of imidazole rings is 1. The summed E-state index contributed by atoms with van der Waals surface area (Å²) in [5.74, 6) is -1.52. The van der Waals surface area contributed by atoms with Gasteiger partial charge in [0.15, 0.2) is 0 Å². The van der Waals surface area contributed by atoms with Gasteiger partial charge in [0, 0.05) is 6.07 Å². The first-order chi connectivity index (χ1) is 9.86. The molecule has 0 saturated carbocycles. The van der Waals surface area contributed by atoms with Crippen LogP contribution in [0, 0.1) is 0 Å². The molecule has 1 aromatic heterocycles. The van der Waals surface area contributed by atoms with Crippen molar-refractivity contribution in [2.24, 2.45) is 0 Å². The van der Waals surface area contributed by atoms with Gasteiger partial charge in [-0.15, -0.1) is 0 Å². The van der Waals surface area contributed by atoms with E-state index >= 15 is 0 Å². The quantitative estimate of drug-likeness (QED) is 0.815. The van der Waals surface area contributed by atoms with E-state index in [1.165, 1.54) is 25.3 Å². The van der Waals surface area contributed by atoms with Gasteiger partial charge in [-0.2, -0.15) is 13.2 Å². The van der Waals surface area contributed by atoms with Crippen LogP contribution in [0.1, 0.15) is 12.7 Å². The number of ether oxygens (including phenoxy) is 2. The molecule has 0 bridgehead atoms. The number of methoxy groups -OCH3 is 1. The van der Waals surface area contributed by atoms with E-state index in [2.05, 4.69) is 4.98 Å². The maximum absolute atomic E-state index is 13.0. The number of hydrogen-bond donors (Lipinski definition) is 0. The number of carbonyl (C=O) groups is 1. The molecule has 0 saturated heterocycles. The summed E-state index contributed by atoms with van der Waals surface area (Å²) < 4.78 is 49.6. The molecule has 114 valence electrons. The van der Waals surface area contributed by atoms with E-state index in [1.54, 1.807) is 6.92 Å². The molecule has 21 heavy (non-hydrogen) atoms. The number of alkyl halides is 3. The molecule has 0 amide bonds. The highest BCUT2D eigenvalue weighted by Crippen LogP contribution is 2.32. The molecule has 2 rings (SSSR count). The van der Waals surface area contributed by atoms with Gasteiger partial charge in [0.2, 0.25) is 5.82 Å². The second kappa shape index (κ2) is 5.63. The number of hydrogen-bond acceptors (Lipinski definition) is 4. The van der Waals surface area contributed by atoms with Crippen LogP contribution in [0.15, 0.2) is 18.2 Å². The normalized spacial score (nSPS) is 11.7. The van der Waals surface area contributed by atoms with Crippen LogP contribution in [0.4, 0.5) is 13.2 Å². The smallest absolute Gasteiger partial charge is 0.449 e. The van der Waals surface area contributed by atoms with E-state index in [-0.39, 0.29) is 17.6 Å². The van der Waals surface area contributed by atoms with Crippen LogP contribution in [0.2, 0.25) is 0 Å². The molecular formula is C13H13F3N2O3. The lowest BCUT2D eigenvalue weighted by Crippen LogP contribution is -2.20. The Morgan fingerprint density at radius 2 is 2.10 bits per heavy atom. The van der Waals surface area contributed by atoms with Crippen molar-refractivity contribution in [3.8, 4) is 5.75 Å². The van der Waals surface area contributed by atoms with Gasteiger partial charge in [-0.1, -0.05) is 0 Å². The van der Waals surface area contributed by atoms with E-state index in [1.807, 2.05) is 0 Å². The molecule has 0 radical (unpaired) electrons. The zero-order valence-electron chi connectivity index (χ0n) is 11.4. The van der Waals surface area contributed by atoms with Crippen LogP contribution in [0.25, 0.3) is 11.0 Å². The summed E-state index contributed by atoms with van der Waals surface area (Å²) in [4.78, 5) is 15.1. The van der Waals surface area contributed by atoms with E-state index < -0.39 is 24.5 Å². The highest BCUT2D eigenvalue weighted by Gasteiger charge is 2.38. The van der Waals surface area contributed by atoms with E-state index in [9.17, 15) is 18.0 Å². The Morgan fingerprint density at radius 1 is 1.38 bits per heavy atom. The lowest BCUT2D eigenvalue weighted by atomic mass is 10.3. The summed E-state index contributed by atoms with van der Waals surface area (Å²) in [6.45, 7) is 1.11. The van der Waals surface area contributed by atoms with Crippen molar-refractivity contribution in [1.82, 2.24) is 9.55 Å². The summed E-state index contributed by atoms with van der Waals surface area (Å²) >= 11 is 0. The summed E-state index contributed by atoms with van der Waals surface area (Å²) in [5, 5.41) is 0. The molecule has 0 fully saturated rings. The Balaban J connectivity index is 2.58. The van der Waals surface area contributed by atoms with E-state index in [0.717, 1.165) is 4.57 Å². The molecule has 8 heteroatoms. The molecule has 2 aromatic rings. The number of esters is 1. The van der Waals surface area contributed by atoms with Crippen LogP contribution in [0.3, 0.4) is 0 Å². The predicted molar refractivity (Wildman–Crippen MR) is 67.9 cm³/mol. The van der Waals surface area contributed by atoms with Gasteiger partial charge in [-0.05, 0) is 19.1 Å². The molecule has 0 spiro atoms. The van der Waals surface area contributed by atoms with Crippen LogP contribution >= 0.6 is 0 Å². The van der Waals surface area contributed by atoms with Crippen molar-refractivity contribution in [2.75, 3.05) is 13.7 Å². The maximum Gasteiger partial charge on any atom is 0.449 e. The second-order valence-corrected chi connectivity index (χ2v) is 4.18. The third kappa shape index (κ3) is 3.09. The standard InChI is InChI=1S/C13H13F3N2O3/c1-3-21-11(19)7-18-10-6-8(20-2)4-5-9(10)17-12(18)13(14,15)16/h4-6H,3,7H2,1-2H3. The minimum absolute atomic E-state index is 0.0934.